The summed E-state index contributed by atoms with van der Waals surface area (Å²) in [5, 5.41) is 2.92. The Hall–Kier alpha value is -1.65. The molecule has 1 N–H and O–H groups in total. The second-order valence-corrected chi connectivity index (χ2v) is 6.83. The fourth-order valence-electron chi connectivity index (χ4n) is 2.92. The number of aromatic nitrogens is 2. The number of amides is 1. The molecule has 1 atom stereocenters. The molecule has 2 rings (SSSR count). The van der Waals surface area contributed by atoms with Crippen molar-refractivity contribution in [1.29, 1.82) is 0 Å². The van der Waals surface area contributed by atoms with Crippen molar-refractivity contribution in [2.75, 3.05) is 25.5 Å². The molecule has 1 fully saturated rings. The minimum Gasteiger partial charge on any atom is -0.372 e. The van der Waals surface area contributed by atoms with Crippen molar-refractivity contribution in [3.05, 3.63) is 18.1 Å². The summed E-state index contributed by atoms with van der Waals surface area (Å²) in [6.07, 6.45) is 6.49. The maximum absolute atomic E-state index is 12.6. The number of hydrogen-bond acceptors (Lipinski definition) is 4. The predicted molar refractivity (Wildman–Crippen MR) is 84.3 cm³/mol. The number of anilines is 1. The first kappa shape index (κ1) is 15.7. The van der Waals surface area contributed by atoms with Gasteiger partial charge in [-0.1, -0.05) is 20.8 Å². The number of carbonyl (C=O) groups excluding carboxylic acids is 1. The summed E-state index contributed by atoms with van der Waals surface area (Å²) in [6, 6.07) is 0. The summed E-state index contributed by atoms with van der Waals surface area (Å²) in [5.41, 5.74) is 0.737. The largest absolute Gasteiger partial charge is 0.372 e. The van der Waals surface area contributed by atoms with Gasteiger partial charge in [0.05, 0.1) is 12.4 Å². The lowest BCUT2D eigenvalue weighted by Gasteiger charge is -2.29. The molecule has 1 aliphatic rings. The van der Waals surface area contributed by atoms with E-state index >= 15 is 0 Å². The fourth-order valence-corrected chi connectivity index (χ4v) is 2.92. The summed E-state index contributed by atoms with van der Waals surface area (Å²) in [6.45, 7) is 8.49. The highest BCUT2D eigenvalue weighted by Crippen LogP contribution is 2.34. The van der Waals surface area contributed by atoms with E-state index in [0.717, 1.165) is 25.9 Å². The van der Waals surface area contributed by atoms with E-state index in [9.17, 15) is 4.79 Å². The van der Waals surface area contributed by atoms with Crippen LogP contribution in [0.15, 0.2) is 12.4 Å². The Morgan fingerprint density at radius 2 is 2.05 bits per heavy atom. The molecule has 2 heterocycles. The third-order valence-corrected chi connectivity index (χ3v) is 4.35. The van der Waals surface area contributed by atoms with Gasteiger partial charge in [-0.2, -0.15) is 0 Å². The van der Waals surface area contributed by atoms with E-state index in [4.69, 9.17) is 0 Å². The van der Waals surface area contributed by atoms with Gasteiger partial charge in [0, 0.05) is 20.1 Å². The molecule has 1 amide bonds. The van der Waals surface area contributed by atoms with Crippen LogP contribution < -0.4 is 5.32 Å². The van der Waals surface area contributed by atoms with Crippen LogP contribution in [0.5, 0.6) is 0 Å². The van der Waals surface area contributed by atoms with Crippen LogP contribution in [0.1, 0.15) is 50.5 Å². The van der Waals surface area contributed by atoms with Crippen molar-refractivity contribution in [3.8, 4) is 0 Å². The first-order chi connectivity index (χ1) is 9.91. The van der Waals surface area contributed by atoms with Gasteiger partial charge < -0.3 is 10.2 Å². The standard InChI is InChI=1S/C16H26N4O/c1-16(2,3)12-6-5-8-20(9-7-12)15(21)13-10-18-11-14(17-4)19-13/h10-12H,5-9H2,1-4H3,(H,17,19). The zero-order valence-electron chi connectivity index (χ0n) is 13.5. The molecule has 1 aromatic rings. The van der Waals surface area contributed by atoms with Crippen LogP contribution in [-0.4, -0.2) is 40.9 Å². The fraction of sp³-hybridized carbons (Fsp3) is 0.688. The number of nitrogens with one attached hydrogen (secondary N) is 1. The summed E-state index contributed by atoms with van der Waals surface area (Å²) in [4.78, 5) is 22.9. The number of hydrogen-bond donors (Lipinski definition) is 1. The van der Waals surface area contributed by atoms with Gasteiger partial charge in [0.15, 0.2) is 0 Å². The van der Waals surface area contributed by atoms with E-state index in [-0.39, 0.29) is 5.91 Å². The van der Waals surface area contributed by atoms with Gasteiger partial charge >= 0.3 is 0 Å². The quantitative estimate of drug-likeness (QED) is 0.910. The second kappa shape index (κ2) is 6.41. The molecule has 0 aliphatic carbocycles. The molecule has 0 radical (unpaired) electrons. The first-order valence-electron chi connectivity index (χ1n) is 7.71. The van der Waals surface area contributed by atoms with Gasteiger partial charge in [-0.3, -0.25) is 9.78 Å². The van der Waals surface area contributed by atoms with Crippen molar-refractivity contribution in [2.24, 2.45) is 11.3 Å². The van der Waals surface area contributed by atoms with Crippen LogP contribution in [0, 0.1) is 11.3 Å². The molecule has 1 unspecified atom stereocenters. The molecule has 1 aliphatic heterocycles. The lowest BCUT2D eigenvalue weighted by molar-refractivity contribution is 0.0749. The van der Waals surface area contributed by atoms with Crippen LogP contribution in [0.4, 0.5) is 5.82 Å². The smallest absolute Gasteiger partial charge is 0.274 e. The number of likely N-dealkylation sites (tertiary alicyclic amines) is 1. The van der Waals surface area contributed by atoms with Crippen molar-refractivity contribution in [1.82, 2.24) is 14.9 Å². The average molecular weight is 290 g/mol. The average Bonchev–Trinajstić information content (AvgIpc) is 2.72. The van der Waals surface area contributed by atoms with Gasteiger partial charge in [-0.25, -0.2) is 4.98 Å². The SMILES string of the molecule is CNc1cncc(C(=O)N2CCCC(C(C)(C)C)CC2)n1. The highest BCUT2D eigenvalue weighted by molar-refractivity contribution is 5.92. The predicted octanol–water partition coefficient (Wildman–Crippen LogP) is 2.81. The Labute approximate surface area is 127 Å². The van der Waals surface area contributed by atoms with Gasteiger partial charge in [0.1, 0.15) is 11.5 Å². The summed E-state index contributed by atoms with van der Waals surface area (Å²) < 4.78 is 0. The molecule has 0 bridgehead atoms. The topological polar surface area (TPSA) is 58.1 Å². The molecule has 0 aromatic carbocycles. The van der Waals surface area contributed by atoms with Gasteiger partial charge in [0.2, 0.25) is 0 Å². The zero-order valence-corrected chi connectivity index (χ0v) is 13.5. The van der Waals surface area contributed by atoms with Crippen molar-refractivity contribution in [2.45, 2.75) is 40.0 Å². The molecule has 21 heavy (non-hydrogen) atoms. The monoisotopic (exact) mass is 290 g/mol. The summed E-state index contributed by atoms with van der Waals surface area (Å²) in [5.74, 6) is 1.29. The minimum absolute atomic E-state index is 0.00541. The molecular weight excluding hydrogens is 264 g/mol. The third-order valence-electron chi connectivity index (χ3n) is 4.35. The lowest BCUT2D eigenvalue weighted by atomic mass is 9.77. The van der Waals surface area contributed by atoms with E-state index in [0.29, 0.717) is 22.8 Å². The molecule has 0 spiro atoms. The molecule has 1 aromatic heterocycles. The molecule has 116 valence electrons. The van der Waals surface area contributed by atoms with Gasteiger partial charge in [0.25, 0.3) is 5.91 Å². The Bertz CT molecular complexity index is 495. The highest BCUT2D eigenvalue weighted by atomic mass is 16.2. The lowest BCUT2D eigenvalue weighted by Crippen LogP contribution is -2.33. The van der Waals surface area contributed by atoms with Gasteiger partial charge in [-0.15, -0.1) is 0 Å². The van der Waals surface area contributed by atoms with Crippen LogP contribution in [0.3, 0.4) is 0 Å². The normalized spacial score (nSPS) is 20.0. The van der Waals surface area contributed by atoms with E-state index in [1.54, 1.807) is 19.4 Å². The Kier molecular flexibility index (Phi) is 4.80. The maximum Gasteiger partial charge on any atom is 0.274 e. The molecule has 5 nitrogen and oxygen atoms in total. The third kappa shape index (κ3) is 3.93. The molecule has 5 heteroatoms. The van der Waals surface area contributed by atoms with Gasteiger partial charge in [-0.05, 0) is 30.6 Å². The van der Waals surface area contributed by atoms with E-state index in [1.807, 2.05) is 4.90 Å². The van der Waals surface area contributed by atoms with Crippen LogP contribution in [-0.2, 0) is 0 Å². The van der Waals surface area contributed by atoms with Crippen molar-refractivity contribution in [3.63, 3.8) is 0 Å². The first-order valence-corrected chi connectivity index (χ1v) is 7.71. The number of carbonyl (C=O) groups is 1. The molecular formula is C16H26N4O. The summed E-state index contributed by atoms with van der Waals surface area (Å²) in [7, 11) is 1.78. The summed E-state index contributed by atoms with van der Waals surface area (Å²) >= 11 is 0. The van der Waals surface area contributed by atoms with E-state index in [1.165, 1.54) is 6.42 Å². The Balaban J connectivity index is 2.06. The van der Waals surface area contributed by atoms with Crippen LogP contribution in [0.2, 0.25) is 0 Å². The van der Waals surface area contributed by atoms with Crippen molar-refractivity contribution < 1.29 is 4.79 Å². The Morgan fingerprint density at radius 3 is 2.71 bits per heavy atom. The van der Waals surface area contributed by atoms with Crippen LogP contribution in [0.25, 0.3) is 0 Å². The van der Waals surface area contributed by atoms with Crippen molar-refractivity contribution >= 4 is 11.7 Å². The molecule has 1 saturated heterocycles. The molecule has 0 saturated carbocycles. The highest BCUT2D eigenvalue weighted by Gasteiger charge is 2.29. The minimum atomic E-state index is -0.00541. The van der Waals surface area contributed by atoms with E-state index in [2.05, 4.69) is 36.1 Å². The Morgan fingerprint density at radius 1 is 1.29 bits per heavy atom. The second-order valence-electron chi connectivity index (χ2n) is 6.83. The number of nitrogens with zero attached hydrogens (tertiary/aromatic N) is 3. The maximum atomic E-state index is 12.6. The number of rotatable bonds is 2. The van der Waals surface area contributed by atoms with Crippen LogP contribution >= 0.6 is 0 Å². The zero-order chi connectivity index (χ0) is 15.5. The van der Waals surface area contributed by atoms with E-state index < -0.39 is 0 Å².